The van der Waals surface area contributed by atoms with Gasteiger partial charge in [-0.2, -0.15) is 0 Å². The van der Waals surface area contributed by atoms with Gasteiger partial charge in [-0.25, -0.2) is 0 Å². The first-order valence-electron chi connectivity index (χ1n) is 7.28. The van der Waals surface area contributed by atoms with Crippen LogP contribution < -0.4 is 11.3 Å². The average Bonchev–Trinajstić information content (AvgIpc) is 2.46. The Balaban J connectivity index is 1.97. The fraction of sp³-hybridized carbons (Fsp3) is 0.600. The molecule has 0 spiro atoms. The Morgan fingerprint density at radius 3 is 2.71 bits per heavy atom. The first kappa shape index (κ1) is 17.0. The lowest BCUT2D eigenvalue weighted by Crippen LogP contribution is -2.53. The molecule has 3 N–H and O–H groups in total. The summed E-state index contributed by atoms with van der Waals surface area (Å²) in [5.74, 6) is 5.74. The van der Waals surface area contributed by atoms with E-state index >= 15 is 0 Å². The number of halogens is 2. The van der Waals surface area contributed by atoms with Crippen LogP contribution in [0.3, 0.4) is 0 Å². The van der Waals surface area contributed by atoms with Gasteiger partial charge in [0.15, 0.2) is 0 Å². The van der Waals surface area contributed by atoms with Gasteiger partial charge in [-0.15, -0.1) is 0 Å². The normalized spacial score (nSPS) is 22.4. The number of hydrogen-bond donors (Lipinski definition) is 2. The van der Waals surface area contributed by atoms with Crippen LogP contribution >= 0.6 is 23.2 Å². The highest BCUT2D eigenvalue weighted by Crippen LogP contribution is 2.24. The topological polar surface area (TPSA) is 44.5 Å². The fourth-order valence-corrected chi connectivity index (χ4v) is 3.17. The second-order valence-corrected chi connectivity index (χ2v) is 6.76. The molecule has 0 aromatic heterocycles. The lowest BCUT2D eigenvalue weighted by Gasteiger charge is -2.39. The summed E-state index contributed by atoms with van der Waals surface area (Å²) < 4.78 is 0. The molecule has 1 fully saturated rings. The van der Waals surface area contributed by atoms with Crippen LogP contribution in [0.4, 0.5) is 0 Å². The molecule has 2 rings (SSSR count). The van der Waals surface area contributed by atoms with E-state index in [1.165, 1.54) is 0 Å². The summed E-state index contributed by atoms with van der Waals surface area (Å²) in [4.78, 5) is 4.79. The van der Waals surface area contributed by atoms with Gasteiger partial charge in [0.05, 0.1) is 10.0 Å². The zero-order valence-electron chi connectivity index (χ0n) is 12.6. The number of nitrogens with zero attached hydrogens (tertiary/aromatic N) is 2. The number of likely N-dealkylation sites (N-methyl/N-ethyl adjacent to an activating group) is 2. The number of hydrazine groups is 1. The van der Waals surface area contributed by atoms with Crippen molar-refractivity contribution in [3.63, 3.8) is 0 Å². The fourth-order valence-electron chi connectivity index (χ4n) is 2.85. The van der Waals surface area contributed by atoms with Crippen LogP contribution in [0.5, 0.6) is 0 Å². The van der Waals surface area contributed by atoms with Gasteiger partial charge in [-0.05, 0) is 44.6 Å². The molecule has 1 aliphatic heterocycles. The van der Waals surface area contributed by atoms with Crippen molar-refractivity contribution in [1.29, 1.82) is 0 Å². The molecule has 0 radical (unpaired) electrons. The summed E-state index contributed by atoms with van der Waals surface area (Å²) in [6.07, 6.45) is 1.86. The van der Waals surface area contributed by atoms with Crippen LogP contribution in [0.2, 0.25) is 10.0 Å². The molecule has 4 nitrogen and oxygen atoms in total. The molecule has 0 saturated carbocycles. The lowest BCUT2D eigenvalue weighted by atomic mass is 9.98. The van der Waals surface area contributed by atoms with Gasteiger partial charge in [0, 0.05) is 31.7 Å². The van der Waals surface area contributed by atoms with Crippen molar-refractivity contribution < 1.29 is 0 Å². The Kier molecular flexibility index (Phi) is 6.29. The van der Waals surface area contributed by atoms with E-state index in [2.05, 4.69) is 29.3 Å². The minimum atomic E-state index is 0.223. The maximum absolute atomic E-state index is 6.08. The molecule has 2 atom stereocenters. The Morgan fingerprint density at radius 2 is 2.05 bits per heavy atom. The second kappa shape index (κ2) is 7.77. The van der Waals surface area contributed by atoms with Gasteiger partial charge in [0.25, 0.3) is 0 Å². The van der Waals surface area contributed by atoms with E-state index < -0.39 is 0 Å². The number of nitrogens with two attached hydrogens (primary N) is 1. The molecular formula is C15H24Cl2N4. The van der Waals surface area contributed by atoms with Gasteiger partial charge in [0.1, 0.15) is 0 Å². The molecule has 1 aromatic carbocycles. The maximum atomic E-state index is 6.08. The average molecular weight is 331 g/mol. The van der Waals surface area contributed by atoms with Gasteiger partial charge in [-0.1, -0.05) is 29.3 Å². The highest BCUT2D eigenvalue weighted by atomic mass is 35.5. The number of hydrogen-bond acceptors (Lipinski definition) is 4. The molecule has 2 unspecified atom stereocenters. The minimum Gasteiger partial charge on any atom is -0.304 e. The minimum absolute atomic E-state index is 0.223. The van der Waals surface area contributed by atoms with Crippen LogP contribution in [0.15, 0.2) is 18.2 Å². The third kappa shape index (κ3) is 4.81. The molecule has 0 aliphatic carbocycles. The van der Waals surface area contributed by atoms with Crippen LogP contribution in [0.25, 0.3) is 0 Å². The number of benzene rings is 1. The van der Waals surface area contributed by atoms with Crippen LogP contribution in [-0.4, -0.2) is 55.6 Å². The van der Waals surface area contributed by atoms with Crippen molar-refractivity contribution in [2.75, 3.05) is 33.7 Å². The molecule has 21 heavy (non-hydrogen) atoms. The highest BCUT2D eigenvalue weighted by molar-refractivity contribution is 6.42. The summed E-state index contributed by atoms with van der Waals surface area (Å²) in [6, 6.07) is 6.52. The molecule has 1 aromatic rings. The molecule has 118 valence electrons. The highest BCUT2D eigenvalue weighted by Gasteiger charge is 2.25. The molecule has 1 heterocycles. The summed E-state index contributed by atoms with van der Waals surface area (Å²) in [7, 11) is 4.36. The second-order valence-electron chi connectivity index (χ2n) is 5.95. The van der Waals surface area contributed by atoms with Crippen LogP contribution in [0, 0.1) is 0 Å². The molecular weight excluding hydrogens is 307 g/mol. The zero-order chi connectivity index (χ0) is 15.4. The van der Waals surface area contributed by atoms with Crippen molar-refractivity contribution in [1.82, 2.24) is 15.2 Å². The van der Waals surface area contributed by atoms with Gasteiger partial charge in [0.2, 0.25) is 0 Å². The van der Waals surface area contributed by atoms with E-state index in [-0.39, 0.29) is 6.04 Å². The molecule has 6 heteroatoms. The van der Waals surface area contributed by atoms with Crippen molar-refractivity contribution >= 4 is 23.2 Å². The smallest absolute Gasteiger partial charge is 0.0595 e. The monoisotopic (exact) mass is 330 g/mol. The molecule has 1 saturated heterocycles. The predicted molar refractivity (Wildman–Crippen MR) is 89.8 cm³/mol. The third-order valence-corrected chi connectivity index (χ3v) is 4.98. The number of nitrogens with one attached hydrogen (secondary N) is 1. The van der Waals surface area contributed by atoms with E-state index in [1.54, 1.807) is 0 Å². The quantitative estimate of drug-likeness (QED) is 0.640. The van der Waals surface area contributed by atoms with Gasteiger partial charge in [-0.3, -0.25) is 11.3 Å². The van der Waals surface area contributed by atoms with Crippen molar-refractivity contribution in [3.05, 3.63) is 33.8 Å². The summed E-state index contributed by atoms with van der Waals surface area (Å²) in [5, 5.41) is 1.19. The predicted octanol–water partition coefficient (Wildman–Crippen LogP) is 2.00. The van der Waals surface area contributed by atoms with Crippen LogP contribution in [0.1, 0.15) is 12.0 Å². The van der Waals surface area contributed by atoms with Crippen molar-refractivity contribution in [3.8, 4) is 0 Å². The lowest BCUT2D eigenvalue weighted by molar-refractivity contribution is 0.101. The van der Waals surface area contributed by atoms with E-state index in [0.29, 0.717) is 16.1 Å². The molecule has 1 aliphatic rings. The Hall–Kier alpha value is -0.360. The first-order valence-corrected chi connectivity index (χ1v) is 8.04. The van der Waals surface area contributed by atoms with Gasteiger partial charge >= 0.3 is 0 Å². The standard InChI is InChI=1S/C15H24Cl2N4/c1-20-5-6-21(2)13(10-20)9-12(19-18)7-11-3-4-14(16)15(17)8-11/h3-4,8,12-13,19H,5-7,9-10,18H2,1-2H3. The maximum Gasteiger partial charge on any atom is 0.0595 e. The third-order valence-electron chi connectivity index (χ3n) is 4.24. The van der Waals surface area contributed by atoms with Crippen LogP contribution in [-0.2, 0) is 6.42 Å². The Labute approximate surface area is 137 Å². The van der Waals surface area contributed by atoms with E-state index in [4.69, 9.17) is 29.0 Å². The van der Waals surface area contributed by atoms with E-state index in [1.807, 2.05) is 18.2 Å². The Bertz CT molecular complexity index is 469. The molecule has 0 bridgehead atoms. The molecule has 0 amide bonds. The van der Waals surface area contributed by atoms with E-state index in [0.717, 1.165) is 38.0 Å². The summed E-state index contributed by atoms with van der Waals surface area (Å²) in [6.45, 7) is 3.31. The zero-order valence-corrected chi connectivity index (χ0v) is 14.2. The van der Waals surface area contributed by atoms with E-state index in [9.17, 15) is 0 Å². The Morgan fingerprint density at radius 1 is 1.29 bits per heavy atom. The number of piperazine rings is 1. The summed E-state index contributed by atoms with van der Waals surface area (Å²) >= 11 is 12.0. The largest absolute Gasteiger partial charge is 0.304 e. The SMILES string of the molecule is CN1CCN(C)C(CC(Cc2ccc(Cl)c(Cl)c2)NN)C1. The first-order chi connectivity index (χ1) is 9.99. The van der Waals surface area contributed by atoms with Crippen molar-refractivity contribution in [2.45, 2.75) is 24.9 Å². The van der Waals surface area contributed by atoms with Crippen molar-refractivity contribution in [2.24, 2.45) is 5.84 Å². The summed E-state index contributed by atoms with van der Waals surface area (Å²) in [5.41, 5.74) is 4.10. The van der Waals surface area contributed by atoms with Gasteiger partial charge < -0.3 is 9.80 Å². The number of rotatable bonds is 5.